The van der Waals surface area contributed by atoms with E-state index in [1.807, 2.05) is 12.1 Å². The Hall–Kier alpha value is -1.29. The third-order valence-electron chi connectivity index (χ3n) is 2.50. The highest BCUT2D eigenvalue weighted by Gasteiger charge is 2.11. The lowest BCUT2D eigenvalue weighted by atomic mass is 10.0. The van der Waals surface area contributed by atoms with Gasteiger partial charge in [-0.05, 0) is 38.6 Å². The summed E-state index contributed by atoms with van der Waals surface area (Å²) in [5.41, 5.74) is 6.61. The van der Waals surface area contributed by atoms with E-state index in [0.717, 1.165) is 18.7 Å². The zero-order chi connectivity index (χ0) is 12.8. The summed E-state index contributed by atoms with van der Waals surface area (Å²) in [6.07, 6.45) is 2.93. The van der Waals surface area contributed by atoms with Crippen molar-refractivity contribution in [3.8, 4) is 0 Å². The predicted octanol–water partition coefficient (Wildman–Crippen LogP) is 2.05. The average Bonchev–Trinajstić information content (AvgIpc) is 2.19. The van der Waals surface area contributed by atoms with Gasteiger partial charge in [0.2, 0.25) is 0 Å². The highest BCUT2D eigenvalue weighted by molar-refractivity contribution is 5.46. The molecule has 96 valence electrons. The van der Waals surface area contributed by atoms with Crippen LogP contribution in [0.3, 0.4) is 0 Å². The van der Waals surface area contributed by atoms with Crippen LogP contribution in [0.4, 0.5) is 11.5 Å². The Labute approximate surface area is 104 Å². The van der Waals surface area contributed by atoms with Gasteiger partial charge in [0.25, 0.3) is 0 Å². The van der Waals surface area contributed by atoms with Gasteiger partial charge in [-0.25, -0.2) is 4.98 Å². The molecular formula is C13H24N4. The van der Waals surface area contributed by atoms with E-state index in [1.165, 1.54) is 0 Å². The van der Waals surface area contributed by atoms with Crippen molar-refractivity contribution in [2.45, 2.75) is 26.3 Å². The molecule has 1 atom stereocenters. The first-order valence-electron chi connectivity index (χ1n) is 6.10. The standard InChI is InChI=1S/C13H24N4/c1-10(2)7-12(9-17(3)4)16-11-5-6-13(14)15-8-11/h5-6,8,10,12,16H,7,9H2,1-4H3,(H2,14,15). The number of nitrogens with one attached hydrogen (secondary N) is 1. The molecule has 0 saturated carbocycles. The molecule has 0 radical (unpaired) electrons. The molecule has 1 aromatic rings. The van der Waals surface area contributed by atoms with Crippen LogP contribution >= 0.6 is 0 Å². The number of nitrogens with zero attached hydrogens (tertiary/aromatic N) is 2. The summed E-state index contributed by atoms with van der Waals surface area (Å²) in [7, 11) is 4.19. The molecule has 1 rings (SSSR count). The van der Waals surface area contributed by atoms with Crippen LogP contribution in [0, 0.1) is 5.92 Å². The number of likely N-dealkylation sites (N-methyl/N-ethyl adjacent to an activating group) is 1. The van der Waals surface area contributed by atoms with E-state index in [0.29, 0.717) is 17.8 Å². The fourth-order valence-corrected chi connectivity index (χ4v) is 1.92. The zero-order valence-electron chi connectivity index (χ0n) is 11.3. The molecule has 0 aliphatic heterocycles. The molecule has 0 aliphatic rings. The average molecular weight is 236 g/mol. The fraction of sp³-hybridized carbons (Fsp3) is 0.615. The maximum absolute atomic E-state index is 5.57. The number of hydrogen-bond donors (Lipinski definition) is 2. The van der Waals surface area contributed by atoms with Crippen molar-refractivity contribution in [1.82, 2.24) is 9.88 Å². The van der Waals surface area contributed by atoms with Gasteiger partial charge in [-0.3, -0.25) is 0 Å². The van der Waals surface area contributed by atoms with Crippen molar-refractivity contribution in [3.05, 3.63) is 18.3 Å². The Kier molecular flexibility index (Phi) is 5.22. The molecule has 4 nitrogen and oxygen atoms in total. The van der Waals surface area contributed by atoms with E-state index >= 15 is 0 Å². The van der Waals surface area contributed by atoms with Gasteiger partial charge in [0.05, 0.1) is 11.9 Å². The summed E-state index contributed by atoms with van der Waals surface area (Å²) >= 11 is 0. The monoisotopic (exact) mass is 236 g/mol. The van der Waals surface area contributed by atoms with Gasteiger partial charge in [0, 0.05) is 12.6 Å². The minimum atomic E-state index is 0.440. The minimum Gasteiger partial charge on any atom is -0.384 e. The van der Waals surface area contributed by atoms with Gasteiger partial charge in [0.1, 0.15) is 5.82 Å². The Balaban J connectivity index is 2.61. The van der Waals surface area contributed by atoms with E-state index in [9.17, 15) is 0 Å². The molecule has 0 bridgehead atoms. The summed E-state index contributed by atoms with van der Waals surface area (Å²) < 4.78 is 0. The van der Waals surface area contributed by atoms with Crippen LogP contribution in [0.5, 0.6) is 0 Å². The quantitative estimate of drug-likeness (QED) is 0.794. The van der Waals surface area contributed by atoms with E-state index in [2.05, 4.69) is 43.1 Å². The van der Waals surface area contributed by atoms with Crippen LogP contribution < -0.4 is 11.1 Å². The SMILES string of the molecule is CC(C)CC(CN(C)C)Nc1ccc(N)nc1. The number of hydrogen-bond acceptors (Lipinski definition) is 4. The number of aromatic nitrogens is 1. The Morgan fingerprint density at radius 3 is 2.53 bits per heavy atom. The molecule has 3 N–H and O–H groups in total. The first kappa shape index (κ1) is 13.8. The molecule has 0 amide bonds. The van der Waals surface area contributed by atoms with E-state index < -0.39 is 0 Å². The molecule has 4 heteroatoms. The molecule has 1 aromatic heterocycles. The predicted molar refractivity (Wildman–Crippen MR) is 74.1 cm³/mol. The number of anilines is 2. The summed E-state index contributed by atoms with van der Waals surface area (Å²) in [5.74, 6) is 1.23. The maximum atomic E-state index is 5.57. The van der Waals surface area contributed by atoms with Crippen molar-refractivity contribution in [2.75, 3.05) is 31.7 Å². The Morgan fingerprint density at radius 2 is 2.06 bits per heavy atom. The fourth-order valence-electron chi connectivity index (χ4n) is 1.92. The lowest BCUT2D eigenvalue weighted by Crippen LogP contribution is -2.33. The highest BCUT2D eigenvalue weighted by atomic mass is 15.1. The van der Waals surface area contributed by atoms with Crippen molar-refractivity contribution < 1.29 is 0 Å². The van der Waals surface area contributed by atoms with Gasteiger partial charge in [0.15, 0.2) is 0 Å². The van der Waals surface area contributed by atoms with E-state index in [4.69, 9.17) is 5.73 Å². The lowest BCUT2D eigenvalue weighted by molar-refractivity contribution is 0.356. The molecule has 0 saturated heterocycles. The molecule has 17 heavy (non-hydrogen) atoms. The van der Waals surface area contributed by atoms with E-state index in [1.54, 1.807) is 6.20 Å². The highest BCUT2D eigenvalue weighted by Crippen LogP contribution is 2.13. The second-order valence-corrected chi connectivity index (χ2v) is 5.20. The molecule has 1 unspecified atom stereocenters. The first-order chi connectivity index (χ1) is 7.97. The smallest absolute Gasteiger partial charge is 0.123 e. The lowest BCUT2D eigenvalue weighted by Gasteiger charge is -2.24. The van der Waals surface area contributed by atoms with Gasteiger partial charge >= 0.3 is 0 Å². The minimum absolute atomic E-state index is 0.440. The van der Waals surface area contributed by atoms with Crippen LogP contribution in [0.15, 0.2) is 18.3 Å². The second kappa shape index (κ2) is 6.45. The van der Waals surface area contributed by atoms with Gasteiger partial charge in [-0.15, -0.1) is 0 Å². The third kappa shape index (κ3) is 5.54. The number of nitrogen functional groups attached to an aromatic ring is 1. The van der Waals surface area contributed by atoms with Crippen molar-refractivity contribution in [3.63, 3.8) is 0 Å². The maximum Gasteiger partial charge on any atom is 0.123 e. The molecular weight excluding hydrogens is 212 g/mol. The van der Waals surface area contributed by atoms with Gasteiger partial charge in [-0.2, -0.15) is 0 Å². The first-order valence-corrected chi connectivity index (χ1v) is 6.10. The number of nitrogens with two attached hydrogens (primary N) is 1. The molecule has 0 aromatic carbocycles. The molecule has 0 fully saturated rings. The Bertz CT molecular complexity index is 309. The topological polar surface area (TPSA) is 54.2 Å². The zero-order valence-corrected chi connectivity index (χ0v) is 11.3. The molecule has 1 heterocycles. The normalized spacial score (nSPS) is 13.1. The largest absolute Gasteiger partial charge is 0.384 e. The summed E-state index contributed by atoms with van der Waals surface area (Å²) in [6, 6.07) is 4.24. The van der Waals surface area contributed by atoms with Crippen molar-refractivity contribution in [1.29, 1.82) is 0 Å². The van der Waals surface area contributed by atoms with Crippen LogP contribution in [0.1, 0.15) is 20.3 Å². The van der Waals surface area contributed by atoms with Crippen molar-refractivity contribution in [2.24, 2.45) is 5.92 Å². The Morgan fingerprint density at radius 1 is 1.35 bits per heavy atom. The number of rotatable bonds is 6. The molecule has 0 spiro atoms. The summed E-state index contributed by atoms with van der Waals surface area (Å²) in [4.78, 5) is 6.29. The van der Waals surface area contributed by atoms with Gasteiger partial charge in [-0.1, -0.05) is 13.8 Å². The third-order valence-corrected chi connectivity index (χ3v) is 2.50. The summed E-state index contributed by atoms with van der Waals surface area (Å²) in [5, 5.41) is 3.51. The molecule has 0 aliphatic carbocycles. The van der Waals surface area contributed by atoms with E-state index in [-0.39, 0.29) is 0 Å². The summed E-state index contributed by atoms with van der Waals surface area (Å²) in [6.45, 7) is 5.50. The van der Waals surface area contributed by atoms with Crippen LogP contribution in [0.2, 0.25) is 0 Å². The van der Waals surface area contributed by atoms with Crippen LogP contribution in [-0.2, 0) is 0 Å². The van der Waals surface area contributed by atoms with Crippen molar-refractivity contribution >= 4 is 11.5 Å². The van der Waals surface area contributed by atoms with Gasteiger partial charge < -0.3 is 16.0 Å². The van der Waals surface area contributed by atoms with Crippen LogP contribution in [-0.4, -0.2) is 36.6 Å². The second-order valence-electron chi connectivity index (χ2n) is 5.20. The number of pyridine rings is 1. The van der Waals surface area contributed by atoms with Crippen LogP contribution in [0.25, 0.3) is 0 Å².